The third kappa shape index (κ3) is 4.03. The first-order chi connectivity index (χ1) is 14.4. The molecule has 0 bridgehead atoms. The van der Waals surface area contributed by atoms with E-state index < -0.39 is 10.0 Å². The lowest BCUT2D eigenvalue weighted by Crippen LogP contribution is -2.40. The second kappa shape index (κ2) is 8.29. The number of carbonyl (C=O) groups excluding carboxylic acids is 1. The summed E-state index contributed by atoms with van der Waals surface area (Å²) in [5, 5.41) is 2.30. The quantitative estimate of drug-likeness (QED) is 0.608. The van der Waals surface area contributed by atoms with Gasteiger partial charge in [0.2, 0.25) is 15.9 Å². The number of nitrogens with zero attached hydrogens (tertiary/aromatic N) is 4. The molecule has 0 radical (unpaired) electrons. The average Bonchev–Trinajstić information content (AvgIpc) is 3.06. The minimum Gasteiger partial charge on any atom is -0.340 e. The van der Waals surface area contributed by atoms with Crippen LogP contribution in [0.25, 0.3) is 10.2 Å². The van der Waals surface area contributed by atoms with Crippen molar-refractivity contribution in [3.05, 3.63) is 58.0 Å². The molecule has 1 aliphatic rings. The van der Waals surface area contributed by atoms with E-state index in [1.165, 1.54) is 26.5 Å². The number of hydrogen-bond donors (Lipinski definition) is 0. The highest BCUT2D eigenvalue weighted by atomic mass is 32.2. The number of aryl methyl sites for hydroxylation is 1. The van der Waals surface area contributed by atoms with E-state index in [2.05, 4.69) is 4.98 Å². The first-order valence-electron chi connectivity index (χ1n) is 9.63. The number of amides is 1. The van der Waals surface area contributed by atoms with Crippen LogP contribution in [0.5, 0.6) is 0 Å². The van der Waals surface area contributed by atoms with Gasteiger partial charge in [-0.2, -0.15) is 4.31 Å². The van der Waals surface area contributed by atoms with Crippen molar-refractivity contribution in [1.29, 1.82) is 0 Å². The molecule has 0 unspecified atom stereocenters. The number of sulfonamides is 1. The van der Waals surface area contributed by atoms with Gasteiger partial charge >= 0.3 is 0 Å². The van der Waals surface area contributed by atoms with Crippen molar-refractivity contribution in [2.24, 2.45) is 0 Å². The topological polar surface area (TPSA) is 92.6 Å². The summed E-state index contributed by atoms with van der Waals surface area (Å²) in [4.78, 5) is 32.0. The van der Waals surface area contributed by atoms with E-state index in [9.17, 15) is 18.0 Å². The Balaban J connectivity index is 1.45. The van der Waals surface area contributed by atoms with Crippen LogP contribution in [0.1, 0.15) is 12.0 Å². The van der Waals surface area contributed by atoms with Gasteiger partial charge in [0.1, 0.15) is 11.4 Å². The summed E-state index contributed by atoms with van der Waals surface area (Å²) in [5.74, 6) is -0.219. The van der Waals surface area contributed by atoms with Crippen molar-refractivity contribution in [1.82, 2.24) is 18.8 Å². The smallest absolute Gasteiger partial charge is 0.262 e. The molecule has 1 aliphatic heterocycles. The molecule has 0 N–H and O–H groups in total. The fraction of sp³-hybridized carbons (Fsp3) is 0.350. The van der Waals surface area contributed by atoms with E-state index in [-0.39, 0.29) is 36.0 Å². The summed E-state index contributed by atoms with van der Waals surface area (Å²) in [6.07, 6.45) is 1.93. The van der Waals surface area contributed by atoms with Crippen LogP contribution < -0.4 is 5.56 Å². The number of thiophene rings is 1. The molecule has 2 aromatic heterocycles. The van der Waals surface area contributed by atoms with Crippen molar-refractivity contribution < 1.29 is 13.2 Å². The highest BCUT2D eigenvalue weighted by molar-refractivity contribution is 7.89. The van der Waals surface area contributed by atoms with Crippen molar-refractivity contribution in [3.63, 3.8) is 0 Å². The molecule has 1 saturated heterocycles. The Kier molecular flexibility index (Phi) is 5.72. The number of benzene rings is 1. The third-order valence-electron chi connectivity index (χ3n) is 5.22. The molecule has 3 aromatic rings. The second-order valence-corrected chi connectivity index (χ2v) is 10.1. The molecule has 10 heteroatoms. The molecule has 1 aromatic carbocycles. The molecule has 30 heavy (non-hydrogen) atoms. The largest absolute Gasteiger partial charge is 0.340 e. The zero-order valence-electron chi connectivity index (χ0n) is 16.5. The number of fused-ring (bicyclic) bond motifs is 1. The van der Waals surface area contributed by atoms with Gasteiger partial charge in [-0.3, -0.25) is 14.2 Å². The first kappa shape index (κ1) is 20.7. The average molecular weight is 447 g/mol. The standard InChI is InChI=1S/C20H22N4O4S2/c1-15-3-5-16(6-4-15)30(27,28)24-9-2-8-22(10-11-24)18(25)13-23-14-21-19-17(20(23)26)7-12-29-19/h3-7,12,14H,2,8-11,13H2,1H3. The summed E-state index contributed by atoms with van der Waals surface area (Å²) < 4.78 is 28.6. The molecule has 1 fully saturated rings. The van der Waals surface area contributed by atoms with Crippen LogP contribution >= 0.6 is 11.3 Å². The fourth-order valence-electron chi connectivity index (χ4n) is 3.49. The van der Waals surface area contributed by atoms with Gasteiger partial charge in [0.05, 0.1) is 16.6 Å². The van der Waals surface area contributed by atoms with Gasteiger partial charge in [-0.15, -0.1) is 11.3 Å². The summed E-state index contributed by atoms with van der Waals surface area (Å²) in [6, 6.07) is 8.47. The predicted molar refractivity (Wildman–Crippen MR) is 115 cm³/mol. The van der Waals surface area contributed by atoms with E-state index in [4.69, 9.17) is 0 Å². The number of carbonyl (C=O) groups is 1. The summed E-state index contributed by atoms with van der Waals surface area (Å²) in [7, 11) is -3.60. The van der Waals surface area contributed by atoms with Gasteiger partial charge < -0.3 is 4.90 Å². The summed E-state index contributed by atoms with van der Waals surface area (Å²) in [6.45, 7) is 3.10. The van der Waals surface area contributed by atoms with Crippen molar-refractivity contribution in [3.8, 4) is 0 Å². The highest BCUT2D eigenvalue weighted by Gasteiger charge is 2.28. The molecule has 158 valence electrons. The lowest BCUT2D eigenvalue weighted by atomic mass is 10.2. The van der Waals surface area contributed by atoms with E-state index in [1.54, 1.807) is 40.6 Å². The summed E-state index contributed by atoms with van der Waals surface area (Å²) >= 11 is 1.38. The van der Waals surface area contributed by atoms with Crippen LogP contribution in [-0.2, 0) is 21.4 Å². The van der Waals surface area contributed by atoms with Gasteiger partial charge in [0, 0.05) is 26.2 Å². The van der Waals surface area contributed by atoms with Crippen molar-refractivity contribution in [2.45, 2.75) is 24.8 Å². The highest BCUT2D eigenvalue weighted by Crippen LogP contribution is 2.19. The molecule has 3 heterocycles. The monoisotopic (exact) mass is 446 g/mol. The predicted octanol–water partition coefficient (Wildman–Crippen LogP) is 1.69. The molecular formula is C20H22N4O4S2. The van der Waals surface area contributed by atoms with Crippen molar-refractivity contribution in [2.75, 3.05) is 26.2 Å². The first-order valence-corrected chi connectivity index (χ1v) is 12.0. The van der Waals surface area contributed by atoms with Gasteiger partial charge in [-0.1, -0.05) is 17.7 Å². The van der Waals surface area contributed by atoms with E-state index in [0.717, 1.165) is 5.56 Å². The van der Waals surface area contributed by atoms with Gasteiger partial charge in [-0.05, 0) is 36.9 Å². The maximum absolute atomic E-state index is 12.9. The molecule has 4 rings (SSSR count). The Morgan fingerprint density at radius 2 is 1.87 bits per heavy atom. The minimum absolute atomic E-state index is 0.109. The molecule has 0 saturated carbocycles. The minimum atomic E-state index is -3.60. The SMILES string of the molecule is Cc1ccc(S(=O)(=O)N2CCCN(C(=O)Cn3cnc4sccc4c3=O)CC2)cc1. The zero-order valence-corrected chi connectivity index (χ0v) is 18.2. The van der Waals surface area contributed by atoms with Crippen LogP contribution in [0.2, 0.25) is 0 Å². The lowest BCUT2D eigenvalue weighted by molar-refractivity contribution is -0.131. The number of aromatic nitrogens is 2. The van der Waals surface area contributed by atoms with Crippen LogP contribution in [0, 0.1) is 6.92 Å². The van der Waals surface area contributed by atoms with E-state index in [1.807, 2.05) is 6.92 Å². The molecule has 0 spiro atoms. The normalized spacial score (nSPS) is 16.0. The van der Waals surface area contributed by atoms with Gasteiger partial charge in [-0.25, -0.2) is 13.4 Å². The van der Waals surface area contributed by atoms with Gasteiger partial charge in [0.25, 0.3) is 5.56 Å². The number of hydrogen-bond acceptors (Lipinski definition) is 6. The molecule has 0 atom stereocenters. The molecule has 1 amide bonds. The van der Waals surface area contributed by atoms with E-state index in [0.29, 0.717) is 29.7 Å². The molecule has 8 nitrogen and oxygen atoms in total. The Labute approximate surface area is 178 Å². The second-order valence-electron chi connectivity index (χ2n) is 7.27. The maximum Gasteiger partial charge on any atom is 0.262 e. The Hall–Kier alpha value is -2.56. The zero-order chi connectivity index (χ0) is 21.3. The molecular weight excluding hydrogens is 424 g/mol. The van der Waals surface area contributed by atoms with Crippen LogP contribution in [0.4, 0.5) is 0 Å². The Morgan fingerprint density at radius 1 is 1.10 bits per heavy atom. The maximum atomic E-state index is 12.9. The van der Waals surface area contributed by atoms with Crippen LogP contribution in [0.15, 0.2) is 51.7 Å². The van der Waals surface area contributed by atoms with Gasteiger partial charge in [0.15, 0.2) is 0 Å². The Morgan fingerprint density at radius 3 is 2.63 bits per heavy atom. The number of rotatable bonds is 4. The Bertz CT molecular complexity index is 1230. The molecule has 0 aliphatic carbocycles. The summed E-state index contributed by atoms with van der Waals surface area (Å²) in [5.41, 5.74) is 0.750. The van der Waals surface area contributed by atoms with Crippen molar-refractivity contribution >= 4 is 37.5 Å². The van der Waals surface area contributed by atoms with Crippen LogP contribution in [-0.4, -0.2) is 59.3 Å². The third-order valence-corrected chi connectivity index (χ3v) is 7.96. The van der Waals surface area contributed by atoms with Crippen LogP contribution in [0.3, 0.4) is 0 Å². The van der Waals surface area contributed by atoms with E-state index >= 15 is 0 Å². The fourth-order valence-corrected chi connectivity index (χ4v) is 5.69. The lowest BCUT2D eigenvalue weighted by Gasteiger charge is -2.22.